The quantitative estimate of drug-likeness (QED) is 0.889. The van der Waals surface area contributed by atoms with Crippen molar-refractivity contribution in [1.82, 2.24) is 0 Å². The maximum atomic E-state index is 13.4. The third-order valence-corrected chi connectivity index (χ3v) is 4.08. The maximum absolute atomic E-state index is 13.4. The van der Waals surface area contributed by atoms with Crippen molar-refractivity contribution >= 4 is 21.6 Å². The van der Waals surface area contributed by atoms with Gasteiger partial charge in [0.05, 0.1) is 4.47 Å². The van der Waals surface area contributed by atoms with Crippen molar-refractivity contribution in [2.24, 2.45) is 0 Å². The van der Waals surface area contributed by atoms with Gasteiger partial charge in [0.25, 0.3) is 0 Å². The van der Waals surface area contributed by atoms with Crippen LogP contribution in [0.15, 0.2) is 46.9 Å². The molecule has 1 aliphatic carbocycles. The average molecular weight is 306 g/mol. The molecule has 92 valence electrons. The Labute approximate surface area is 114 Å². The zero-order valence-corrected chi connectivity index (χ0v) is 11.4. The highest BCUT2D eigenvalue weighted by Gasteiger charge is 2.24. The van der Waals surface area contributed by atoms with E-state index in [2.05, 4.69) is 45.5 Å². The highest BCUT2D eigenvalue weighted by molar-refractivity contribution is 9.10. The molecule has 0 fully saturated rings. The van der Waals surface area contributed by atoms with Gasteiger partial charge in [-0.15, -0.1) is 0 Å². The second kappa shape index (κ2) is 4.73. The van der Waals surface area contributed by atoms with Gasteiger partial charge in [0.1, 0.15) is 5.82 Å². The zero-order chi connectivity index (χ0) is 12.5. The molecule has 0 heterocycles. The van der Waals surface area contributed by atoms with Crippen LogP contribution in [0.3, 0.4) is 0 Å². The van der Waals surface area contributed by atoms with Crippen LogP contribution in [0.2, 0.25) is 0 Å². The molecule has 3 heteroatoms. The Hall–Kier alpha value is -1.35. The minimum Gasteiger partial charge on any atom is -0.384 e. The molecule has 0 aliphatic heterocycles. The van der Waals surface area contributed by atoms with E-state index in [9.17, 15) is 4.39 Å². The minimum atomic E-state index is -0.228. The Balaban J connectivity index is 1.65. The number of hydrogen-bond acceptors (Lipinski definition) is 1. The van der Waals surface area contributed by atoms with Crippen LogP contribution < -0.4 is 5.32 Å². The number of anilines is 1. The molecule has 0 spiro atoms. The lowest BCUT2D eigenvalue weighted by Crippen LogP contribution is -2.24. The van der Waals surface area contributed by atoms with Gasteiger partial charge in [-0.3, -0.25) is 0 Å². The van der Waals surface area contributed by atoms with Crippen LogP contribution in [0.5, 0.6) is 0 Å². The monoisotopic (exact) mass is 305 g/mol. The molecule has 0 radical (unpaired) electrons. The molecule has 3 rings (SSSR count). The second-order valence-electron chi connectivity index (χ2n) is 4.61. The summed E-state index contributed by atoms with van der Waals surface area (Å²) in [4.78, 5) is 0. The Bertz CT molecular complexity index is 582. The van der Waals surface area contributed by atoms with Crippen molar-refractivity contribution in [1.29, 1.82) is 0 Å². The third kappa shape index (κ3) is 2.15. The van der Waals surface area contributed by atoms with E-state index in [-0.39, 0.29) is 5.82 Å². The van der Waals surface area contributed by atoms with E-state index in [1.54, 1.807) is 6.07 Å². The summed E-state index contributed by atoms with van der Waals surface area (Å²) in [5.41, 5.74) is 3.69. The third-order valence-electron chi connectivity index (χ3n) is 3.43. The predicted octanol–water partition coefficient (Wildman–Crippen LogP) is 4.34. The van der Waals surface area contributed by atoms with E-state index < -0.39 is 0 Å². The van der Waals surface area contributed by atoms with Gasteiger partial charge in [-0.25, -0.2) is 4.39 Å². The van der Waals surface area contributed by atoms with Crippen LogP contribution in [-0.4, -0.2) is 6.54 Å². The van der Waals surface area contributed by atoms with E-state index in [0.717, 1.165) is 18.7 Å². The Kier molecular flexibility index (Phi) is 3.08. The van der Waals surface area contributed by atoms with Crippen LogP contribution in [0, 0.1) is 5.82 Å². The zero-order valence-electron chi connectivity index (χ0n) is 9.79. The second-order valence-corrected chi connectivity index (χ2v) is 5.46. The molecule has 18 heavy (non-hydrogen) atoms. The number of rotatable bonds is 3. The minimum absolute atomic E-state index is 0.228. The molecule has 0 amide bonds. The van der Waals surface area contributed by atoms with Crippen LogP contribution in [0.4, 0.5) is 10.1 Å². The highest BCUT2D eigenvalue weighted by atomic mass is 79.9. The summed E-state index contributed by atoms with van der Waals surface area (Å²) in [6, 6.07) is 13.6. The summed E-state index contributed by atoms with van der Waals surface area (Å²) in [7, 11) is 0. The fourth-order valence-electron chi connectivity index (χ4n) is 2.39. The molecule has 1 atom stereocenters. The van der Waals surface area contributed by atoms with Crippen LogP contribution in [0.1, 0.15) is 17.0 Å². The van der Waals surface area contributed by atoms with E-state index in [1.807, 2.05) is 6.07 Å². The SMILES string of the molecule is Fc1cc(NCC2Cc3ccccc32)ccc1Br. The van der Waals surface area contributed by atoms with Crippen molar-refractivity contribution in [2.45, 2.75) is 12.3 Å². The lowest BCUT2D eigenvalue weighted by molar-refractivity contribution is 0.618. The summed E-state index contributed by atoms with van der Waals surface area (Å²) < 4.78 is 13.9. The molecule has 0 bridgehead atoms. The van der Waals surface area contributed by atoms with Gasteiger partial charge in [0, 0.05) is 18.2 Å². The van der Waals surface area contributed by atoms with Gasteiger partial charge in [0.2, 0.25) is 0 Å². The summed E-state index contributed by atoms with van der Waals surface area (Å²) in [6.07, 6.45) is 1.11. The van der Waals surface area contributed by atoms with E-state index in [0.29, 0.717) is 10.4 Å². The van der Waals surface area contributed by atoms with Gasteiger partial charge in [-0.1, -0.05) is 24.3 Å². The van der Waals surface area contributed by atoms with Gasteiger partial charge >= 0.3 is 0 Å². The predicted molar refractivity (Wildman–Crippen MR) is 75.5 cm³/mol. The fourth-order valence-corrected chi connectivity index (χ4v) is 2.64. The first-order valence-electron chi connectivity index (χ1n) is 6.01. The topological polar surface area (TPSA) is 12.0 Å². The Morgan fingerprint density at radius 1 is 1.22 bits per heavy atom. The Morgan fingerprint density at radius 3 is 2.83 bits per heavy atom. The van der Waals surface area contributed by atoms with Crippen molar-refractivity contribution in [3.63, 3.8) is 0 Å². The average Bonchev–Trinajstić information content (AvgIpc) is 2.35. The number of benzene rings is 2. The summed E-state index contributed by atoms with van der Waals surface area (Å²) in [5.74, 6) is 0.321. The largest absolute Gasteiger partial charge is 0.384 e. The van der Waals surface area contributed by atoms with Crippen LogP contribution in [0.25, 0.3) is 0 Å². The summed E-state index contributed by atoms with van der Waals surface area (Å²) in [6.45, 7) is 0.859. The maximum Gasteiger partial charge on any atom is 0.139 e. The van der Waals surface area contributed by atoms with E-state index in [1.165, 1.54) is 17.2 Å². The highest BCUT2D eigenvalue weighted by Crippen LogP contribution is 2.34. The van der Waals surface area contributed by atoms with Gasteiger partial charge in [-0.2, -0.15) is 0 Å². The lowest BCUT2D eigenvalue weighted by atomic mass is 9.77. The molecule has 1 N–H and O–H groups in total. The summed E-state index contributed by atoms with van der Waals surface area (Å²) in [5, 5.41) is 3.29. The van der Waals surface area contributed by atoms with Gasteiger partial charge < -0.3 is 5.32 Å². The molecular formula is C15H13BrFN. The van der Waals surface area contributed by atoms with Crippen molar-refractivity contribution < 1.29 is 4.39 Å². The molecule has 1 aliphatic rings. The molecular weight excluding hydrogens is 293 g/mol. The smallest absolute Gasteiger partial charge is 0.139 e. The number of fused-ring (bicyclic) bond motifs is 1. The molecule has 0 aromatic heterocycles. The van der Waals surface area contributed by atoms with E-state index in [4.69, 9.17) is 0 Å². The standard InChI is InChI=1S/C15H13BrFN/c16-14-6-5-12(8-15(14)17)18-9-11-7-10-3-1-2-4-13(10)11/h1-6,8,11,18H,7,9H2. The van der Waals surface area contributed by atoms with Crippen molar-refractivity contribution in [3.8, 4) is 0 Å². The number of halogens is 2. The van der Waals surface area contributed by atoms with Gasteiger partial charge in [-0.05, 0) is 51.7 Å². The van der Waals surface area contributed by atoms with Crippen LogP contribution >= 0.6 is 15.9 Å². The first-order chi connectivity index (χ1) is 8.74. The van der Waals surface area contributed by atoms with Crippen molar-refractivity contribution in [3.05, 3.63) is 63.9 Å². The lowest BCUT2D eigenvalue weighted by Gasteiger charge is -2.30. The number of nitrogens with one attached hydrogen (secondary N) is 1. The molecule has 0 saturated heterocycles. The van der Waals surface area contributed by atoms with Crippen molar-refractivity contribution in [2.75, 3.05) is 11.9 Å². The molecule has 1 nitrogen and oxygen atoms in total. The van der Waals surface area contributed by atoms with Gasteiger partial charge in [0.15, 0.2) is 0 Å². The van der Waals surface area contributed by atoms with Crippen LogP contribution in [-0.2, 0) is 6.42 Å². The first kappa shape index (κ1) is 11.7. The molecule has 2 aromatic rings. The molecule has 1 unspecified atom stereocenters. The van der Waals surface area contributed by atoms with E-state index >= 15 is 0 Å². The Morgan fingerprint density at radius 2 is 2.06 bits per heavy atom. The fraction of sp³-hybridized carbons (Fsp3) is 0.200. The molecule has 0 saturated carbocycles. The molecule has 2 aromatic carbocycles. The number of hydrogen-bond donors (Lipinski definition) is 1. The normalized spacial score (nSPS) is 16.9. The first-order valence-corrected chi connectivity index (χ1v) is 6.80. The summed E-state index contributed by atoms with van der Waals surface area (Å²) >= 11 is 3.15.